The van der Waals surface area contributed by atoms with Crippen LogP contribution in [0.5, 0.6) is 0 Å². The summed E-state index contributed by atoms with van der Waals surface area (Å²) in [5, 5.41) is 4.29. The Morgan fingerprint density at radius 1 is 0.619 bits per heavy atom. The molecule has 21 heavy (non-hydrogen) atoms. The van der Waals surface area contributed by atoms with E-state index in [1.807, 2.05) is 36.4 Å². The smallest absolute Gasteiger partial charge is 0.178 e. The Morgan fingerprint density at radius 2 is 1.24 bits per heavy atom. The van der Waals surface area contributed by atoms with Crippen LogP contribution in [0.2, 0.25) is 0 Å². The van der Waals surface area contributed by atoms with Gasteiger partial charge in [-0.1, -0.05) is 18.2 Å². The topological polar surface area (TPSA) is 52.3 Å². The number of para-hydroxylation sites is 1. The molecule has 0 amide bonds. The van der Waals surface area contributed by atoms with Gasteiger partial charge in [-0.25, -0.2) is 0 Å². The number of hydrogen-bond acceptors (Lipinski definition) is 3. The highest BCUT2D eigenvalue weighted by atomic mass is 16.4. The molecule has 0 aliphatic heterocycles. The summed E-state index contributed by atoms with van der Waals surface area (Å²) in [4.78, 5) is 0. The predicted octanol–water partition coefficient (Wildman–Crippen LogP) is 5.07. The Labute approximate surface area is 119 Å². The van der Waals surface area contributed by atoms with Crippen molar-refractivity contribution in [1.29, 1.82) is 0 Å². The number of rotatable bonds is 0. The molecule has 2 N–H and O–H groups in total. The molecule has 0 radical (unpaired) electrons. The molecule has 0 bridgehead atoms. The van der Waals surface area contributed by atoms with Crippen molar-refractivity contribution in [2.45, 2.75) is 0 Å². The van der Waals surface area contributed by atoms with Crippen LogP contribution in [-0.2, 0) is 0 Å². The maximum absolute atomic E-state index is 6.00. The molecular formula is C18H11NO2. The third kappa shape index (κ3) is 1.32. The lowest BCUT2D eigenvalue weighted by molar-refractivity contribution is 0.633. The van der Waals surface area contributed by atoms with E-state index in [0.717, 1.165) is 43.9 Å². The van der Waals surface area contributed by atoms with Crippen molar-refractivity contribution in [1.82, 2.24) is 0 Å². The first-order chi connectivity index (χ1) is 10.3. The van der Waals surface area contributed by atoms with Crippen molar-refractivity contribution < 1.29 is 8.83 Å². The first-order valence-corrected chi connectivity index (χ1v) is 6.83. The molecule has 0 spiro atoms. The molecule has 3 aromatic carbocycles. The summed E-state index contributed by atoms with van der Waals surface area (Å²) in [5.41, 5.74) is 9.77. The number of benzene rings is 3. The maximum atomic E-state index is 6.00. The lowest BCUT2D eigenvalue weighted by atomic mass is 10.1. The molecule has 5 aromatic rings. The zero-order valence-electron chi connectivity index (χ0n) is 11.1. The van der Waals surface area contributed by atoms with Gasteiger partial charge in [-0.05, 0) is 30.3 Å². The normalized spacial score (nSPS) is 12.0. The molecule has 0 saturated heterocycles. The van der Waals surface area contributed by atoms with Crippen molar-refractivity contribution in [2.75, 3.05) is 5.73 Å². The minimum absolute atomic E-state index is 0.697. The van der Waals surface area contributed by atoms with Crippen LogP contribution in [-0.4, -0.2) is 0 Å². The maximum Gasteiger partial charge on any atom is 0.178 e. The Kier molecular flexibility index (Phi) is 1.84. The second-order valence-electron chi connectivity index (χ2n) is 5.27. The third-order valence-electron chi connectivity index (χ3n) is 4.01. The van der Waals surface area contributed by atoms with Crippen molar-refractivity contribution in [2.24, 2.45) is 0 Å². The molecule has 0 fully saturated rings. The fraction of sp³-hybridized carbons (Fsp3) is 0. The highest BCUT2D eigenvalue weighted by Crippen LogP contribution is 2.38. The number of nitrogen functional groups attached to an aromatic ring is 1. The number of anilines is 1. The van der Waals surface area contributed by atoms with E-state index in [1.54, 1.807) is 0 Å². The summed E-state index contributed by atoms with van der Waals surface area (Å²) in [6.45, 7) is 0. The molecule has 0 unspecified atom stereocenters. The molecule has 0 saturated carbocycles. The second-order valence-corrected chi connectivity index (χ2v) is 5.27. The van der Waals surface area contributed by atoms with Gasteiger partial charge >= 0.3 is 0 Å². The fourth-order valence-corrected chi connectivity index (χ4v) is 3.03. The molecule has 100 valence electrons. The first-order valence-electron chi connectivity index (χ1n) is 6.83. The fourth-order valence-electron chi connectivity index (χ4n) is 3.03. The van der Waals surface area contributed by atoms with Gasteiger partial charge in [-0.3, -0.25) is 0 Å². The average molecular weight is 273 g/mol. The molecule has 0 atom stereocenters. The lowest BCUT2D eigenvalue weighted by Gasteiger charge is -1.91. The van der Waals surface area contributed by atoms with Crippen LogP contribution in [0, 0.1) is 0 Å². The van der Waals surface area contributed by atoms with Crippen molar-refractivity contribution in [3.63, 3.8) is 0 Å². The molecule has 0 aliphatic rings. The largest absolute Gasteiger partial charge is 0.452 e. The quantitative estimate of drug-likeness (QED) is 0.401. The van der Waals surface area contributed by atoms with Gasteiger partial charge in [0.1, 0.15) is 11.2 Å². The van der Waals surface area contributed by atoms with E-state index in [2.05, 4.69) is 18.2 Å². The van der Waals surface area contributed by atoms with Gasteiger partial charge < -0.3 is 14.6 Å². The van der Waals surface area contributed by atoms with Crippen molar-refractivity contribution in [3.05, 3.63) is 54.6 Å². The average Bonchev–Trinajstić information content (AvgIpc) is 3.04. The number of fused-ring (bicyclic) bond motifs is 7. The number of hydrogen-bond donors (Lipinski definition) is 1. The van der Waals surface area contributed by atoms with E-state index in [1.165, 1.54) is 0 Å². The summed E-state index contributed by atoms with van der Waals surface area (Å²) in [7, 11) is 0. The van der Waals surface area contributed by atoms with E-state index < -0.39 is 0 Å². The van der Waals surface area contributed by atoms with Gasteiger partial charge in [-0.2, -0.15) is 0 Å². The molecular weight excluding hydrogens is 262 g/mol. The monoisotopic (exact) mass is 273 g/mol. The predicted molar refractivity (Wildman–Crippen MR) is 85.4 cm³/mol. The van der Waals surface area contributed by atoms with Gasteiger partial charge in [0.25, 0.3) is 0 Å². The van der Waals surface area contributed by atoms with E-state index >= 15 is 0 Å². The van der Waals surface area contributed by atoms with E-state index in [9.17, 15) is 0 Å². The second kappa shape index (κ2) is 3.58. The zero-order valence-corrected chi connectivity index (χ0v) is 11.1. The van der Waals surface area contributed by atoms with Crippen LogP contribution in [0.3, 0.4) is 0 Å². The Hall–Kier alpha value is -2.94. The molecule has 5 rings (SSSR count). The van der Waals surface area contributed by atoms with E-state index in [0.29, 0.717) is 5.69 Å². The van der Waals surface area contributed by atoms with Gasteiger partial charge in [0, 0.05) is 33.3 Å². The number of nitrogens with two attached hydrogens (primary N) is 1. The van der Waals surface area contributed by atoms with Crippen LogP contribution >= 0.6 is 0 Å². The zero-order chi connectivity index (χ0) is 14.0. The number of furan rings is 2. The lowest BCUT2D eigenvalue weighted by Crippen LogP contribution is -1.81. The van der Waals surface area contributed by atoms with Crippen LogP contribution in [0.4, 0.5) is 5.69 Å². The summed E-state index contributed by atoms with van der Waals surface area (Å²) >= 11 is 0. The van der Waals surface area contributed by atoms with Gasteiger partial charge in [0.05, 0.1) is 0 Å². The summed E-state index contributed by atoms with van der Waals surface area (Å²) in [6, 6.07) is 17.9. The highest BCUT2D eigenvalue weighted by molar-refractivity contribution is 6.18. The molecule has 2 aromatic heterocycles. The Bertz CT molecular complexity index is 1150. The molecule has 3 nitrogen and oxygen atoms in total. The van der Waals surface area contributed by atoms with E-state index in [4.69, 9.17) is 14.6 Å². The summed E-state index contributed by atoms with van der Waals surface area (Å²) < 4.78 is 12.0. The van der Waals surface area contributed by atoms with Crippen LogP contribution < -0.4 is 5.73 Å². The molecule has 3 heteroatoms. The van der Waals surface area contributed by atoms with Crippen LogP contribution in [0.1, 0.15) is 0 Å². The summed E-state index contributed by atoms with van der Waals surface area (Å²) in [6.07, 6.45) is 0. The molecule has 0 aliphatic carbocycles. The highest BCUT2D eigenvalue weighted by Gasteiger charge is 2.15. The van der Waals surface area contributed by atoms with Gasteiger partial charge in [0.2, 0.25) is 0 Å². The third-order valence-corrected chi connectivity index (χ3v) is 4.01. The van der Waals surface area contributed by atoms with Crippen LogP contribution in [0.25, 0.3) is 43.9 Å². The van der Waals surface area contributed by atoms with Crippen LogP contribution in [0.15, 0.2) is 63.4 Å². The van der Waals surface area contributed by atoms with Gasteiger partial charge in [-0.15, -0.1) is 0 Å². The standard InChI is InChI=1S/C18H11NO2/c19-10-5-6-12-14-8-7-13-11-3-1-2-4-15(11)20-17(13)18(14)21-16(12)9-10/h1-9H,19H2. The van der Waals surface area contributed by atoms with Gasteiger partial charge in [0.15, 0.2) is 11.2 Å². The Balaban J connectivity index is 2.06. The Morgan fingerprint density at radius 3 is 2.05 bits per heavy atom. The van der Waals surface area contributed by atoms with Crippen molar-refractivity contribution >= 4 is 49.6 Å². The minimum Gasteiger partial charge on any atom is -0.452 e. The van der Waals surface area contributed by atoms with Crippen molar-refractivity contribution in [3.8, 4) is 0 Å². The summed E-state index contributed by atoms with van der Waals surface area (Å²) in [5.74, 6) is 0. The SMILES string of the molecule is Nc1ccc2c(c1)oc1c2ccc2c3ccccc3oc21. The molecule has 2 heterocycles. The first kappa shape index (κ1) is 10.8. The van der Waals surface area contributed by atoms with E-state index in [-0.39, 0.29) is 0 Å². The minimum atomic E-state index is 0.697.